The molecule has 1 aromatic carbocycles. The van der Waals surface area contributed by atoms with E-state index in [-0.39, 0.29) is 18.4 Å². The minimum absolute atomic E-state index is 0.0149. The molecule has 0 saturated heterocycles. The summed E-state index contributed by atoms with van der Waals surface area (Å²) in [5, 5.41) is 5.40. The number of halogens is 1. The SMILES string of the molecule is Cc1ccc(Br)cc1NC(=O)NCCC(=O)N(C)C. The summed E-state index contributed by atoms with van der Waals surface area (Å²) >= 11 is 3.35. The second-order valence-electron chi connectivity index (χ2n) is 4.38. The molecule has 1 rings (SSSR count). The highest BCUT2D eigenvalue weighted by Gasteiger charge is 2.07. The molecular formula is C13H18BrN3O2. The number of nitrogens with zero attached hydrogens (tertiary/aromatic N) is 1. The van der Waals surface area contributed by atoms with Crippen LogP contribution in [0.5, 0.6) is 0 Å². The predicted octanol–water partition coefficient (Wildman–Crippen LogP) is 2.36. The van der Waals surface area contributed by atoms with Crippen LogP contribution in [-0.4, -0.2) is 37.5 Å². The van der Waals surface area contributed by atoms with Gasteiger partial charge in [-0.15, -0.1) is 0 Å². The van der Waals surface area contributed by atoms with Gasteiger partial charge in [0.15, 0.2) is 0 Å². The van der Waals surface area contributed by atoms with Gasteiger partial charge in [-0.2, -0.15) is 0 Å². The number of carbonyl (C=O) groups is 2. The van der Waals surface area contributed by atoms with Crippen molar-refractivity contribution in [1.82, 2.24) is 10.2 Å². The molecule has 0 saturated carbocycles. The Morgan fingerprint density at radius 2 is 2.00 bits per heavy atom. The molecule has 1 aromatic rings. The molecule has 0 radical (unpaired) electrons. The van der Waals surface area contributed by atoms with Crippen LogP contribution in [0.25, 0.3) is 0 Å². The third-order valence-electron chi connectivity index (χ3n) is 2.57. The third-order valence-corrected chi connectivity index (χ3v) is 3.06. The fourth-order valence-electron chi connectivity index (χ4n) is 1.40. The average Bonchev–Trinajstić information content (AvgIpc) is 2.33. The van der Waals surface area contributed by atoms with Gasteiger partial charge in [0.25, 0.3) is 0 Å². The van der Waals surface area contributed by atoms with Crippen molar-refractivity contribution in [3.05, 3.63) is 28.2 Å². The van der Waals surface area contributed by atoms with E-state index >= 15 is 0 Å². The van der Waals surface area contributed by atoms with Crippen LogP contribution in [0.2, 0.25) is 0 Å². The Kier molecular flexibility index (Phi) is 5.82. The normalized spacial score (nSPS) is 9.89. The zero-order valence-electron chi connectivity index (χ0n) is 11.3. The van der Waals surface area contributed by atoms with Crippen molar-refractivity contribution in [2.45, 2.75) is 13.3 Å². The first-order valence-electron chi connectivity index (χ1n) is 5.91. The van der Waals surface area contributed by atoms with Gasteiger partial charge in [0.1, 0.15) is 0 Å². The Bertz CT molecular complexity index is 475. The lowest BCUT2D eigenvalue weighted by molar-refractivity contribution is -0.128. The Morgan fingerprint density at radius 3 is 2.63 bits per heavy atom. The maximum Gasteiger partial charge on any atom is 0.319 e. The number of hydrogen-bond donors (Lipinski definition) is 2. The number of benzene rings is 1. The largest absolute Gasteiger partial charge is 0.349 e. The van der Waals surface area contributed by atoms with Crippen LogP contribution in [0, 0.1) is 6.92 Å². The molecule has 6 heteroatoms. The van der Waals surface area contributed by atoms with Gasteiger partial charge in [0.05, 0.1) is 0 Å². The topological polar surface area (TPSA) is 61.4 Å². The second-order valence-corrected chi connectivity index (χ2v) is 5.29. The molecule has 19 heavy (non-hydrogen) atoms. The summed E-state index contributed by atoms with van der Waals surface area (Å²) < 4.78 is 0.899. The van der Waals surface area contributed by atoms with Crippen LogP contribution >= 0.6 is 15.9 Å². The maximum absolute atomic E-state index is 11.7. The highest BCUT2D eigenvalue weighted by molar-refractivity contribution is 9.10. The first-order chi connectivity index (χ1) is 8.90. The third kappa shape index (κ3) is 5.30. The Morgan fingerprint density at radius 1 is 1.32 bits per heavy atom. The lowest BCUT2D eigenvalue weighted by Crippen LogP contribution is -2.33. The van der Waals surface area contributed by atoms with Crippen molar-refractivity contribution < 1.29 is 9.59 Å². The number of aryl methyl sites for hydroxylation is 1. The Hall–Kier alpha value is -1.56. The van der Waals surface area contributed by atoms with Crippen LogP contribution in [0.3, 0.4) is 0 Å². The van der Waals surface area contributed by atoms with Crippen molar-refractivity contribution >= 4 is 33.6 Å². The number of urea groups is 1. The zero-order valence-corrected chi connectivity index (χ0v) is 12.9. The number of nitrogens with one attached hydrogen (secondary N) is 2. The second kappa shape index (κ2) is 7.13. The smallest absolute Gasteiger partial charge is 0.319 e. The van der Waals surface area contributed by atoms with E-state index in [9.17, 15) is 9.59 Å². The van der Waals surface area contributed by atoms with E-state index in [4.69, 9.17) is 0 Å². The van der Waals surface area contributed by atoms with E-state index in [0.29, 0.717) is 6.54 Å². The van der Waals surface area contributed by atoms with Gasteiger partial charge in [-0.25, -0.2) is 4.79 Å². The molecule has 0 aliphatic heterocycles. The molecule has 0 fully saturated rings. The van der Waals surface area contributed by atoms with E-state index in [0.717, 1.165) is 15.7 Å². The number of carbonyl (C=O) groups excluding carboxylic acids is 2. The number of rotatable bonds is 4. The van der Waals surface area contributed by atoms with Crippen molar-refractivity contribution in [3.63, 3.8) is 0 Å². The number of anilines is 1. The van der Waals surface area contributed by atoms with Crippen LogP contribution in [-0.2, 0) is 4.79 Å². The van der Waals surface area contributed by atoms with E-state index < -0.39 is 0 Å². The molecule has 0 aliphatic carbocycles. The highest BCUT2D eigenvalue weighted by Crippen LogP contribution is 2.20. The quantitative estimate of drug-likeness (QED) is 0.891. The molecule has 0 bridgehead atoms. The van der Waals surface area contributed by atoms with E-state index in [1.165, 1.54) is 4.90 Å². The van der Waals surface area contributed by atoms with Crippen LogP contribution in [0.15, 0.2) is 22.7 Å². The van der Waals surface area contributed by atoms with Gasteiger partial charge in [-0.1, -0.05) is 22.0 Å². The maximum atomic E-state index is 11.7. The van der Waals surface area contributed by atoms with Crippen molar-refractivity contribution in [3.8, 4) is 0 Å². The molecule has 2 N–H and O–H groups in total. The van der Waals surface area contributed by atoms with Crippen molar-refractivity contribution in [2.24, 2.45) is 0 Å². The van der Waals surface area contributed by atoms with Crippen molar-refractivity contribution in [2.75, 3.05) is 26.0 Å². The summed E-state index contributed by atoms with van der Waals surface area (Å²) in [6, 6.07) is 5.34. The van der Waals surface area contributed by atoms with Gasteiger partial charge < -0.3 is 15.5 Å². The first-order valence-corrected chi connectivity index (χ1v) is 6.70. The minimum atomic E-state index is -0.312. The fourth-order valence-corrected chi connectivity index (χ4v) is 1.76. The van der Waals surface area contributed by atoms with Crippen LogP contribution in [0.1, 0.15) is 12.0 Å². The zero-order chi connectivity index (χ0) is 14.4. The number of hydrogen-bond acceptors (Lipinski definition) is 2. The number of amides is 3. The molecule has 0 aliphatic rings. The van der Waals surface area contributed by atoms with Gasteiger partial charge >= 0.3 is 6.03 Å². The van der Waals surface area contributed by atoms with Crippen LogP contribution in [0.4, 0.5) is 10.5 Å². The van der Waals surface area contributed by atoms with E-state index in [1.807, 2.05) is 25.1 Å². The molecule has 104 valence electrons. The summed E-state index contributed by atoms with van der Waals surface area (Å²) in [6.45, 7) is 2.23. The highest BCUT2D eigenvalue weighted by atomic mass is 79.9. The Balaban J connectivity index is 2.43. The molecule has 0 unspecified atom stereocenters. The molecule has 0 aromatic heterocycles. The molecular weight excluding hydrogens is 310 g/mol. The van der Waals surface area contributed by atoms with E-state index in [2.05, 4.69) is 26.6 Å². The molecule has 5 nitrogen and oxygen atoms in total. The molecule has 0 heterocycles. The van der Waals surface area contributed by atoms with Gasteiger partial charge in [0.2, 0.25) is 5.91 Å². The van der Waals surface area contributed by atoms with Gasteiger partial charge in [-0.05, 0) is 24.6 Å². The molecule has 0 spiro atoms. The lowest BCUT2D eigenvalue weighted by Gasteiger charge is -2.12. The van der Waals surface area contributed by atoms with Gasteiger partial charge in [-0.3, -0.25) is 4.79 Å². The fraction of sp³-hybridized carbons (Fsp3) is 0.385. The Labute approximate surface area is 121 Å². The van der Waals surface area contributed by atoms with Gasteiger partial charge in [0, 0.05) is 37.2 Å². The lowest BCUT2D eigenvalue weighted by atomic mass is 10.2. The standard InChI is InChI=1S/C13H18BrN3O2/c1-9-4-5-10(14)8-11(9)16-13(19)15-7-6-12(18)17(2)3/h4-5,8H,6-7H2,1-3H3,(H2,15,16,19). The average molecular weight is 328 g/mol. The molecule has 0 atom stereocenters. The van der Waals surface area contributed by atoms with Crippen molar-refractivity contribution in [1.29, 1.82) is 0 Å². The molecule has 3 amide bonds. The van der Waals surface area contributed by atoms with E-state index in [1.54, 1.807) is 14.1 Å². The summed E-state index contributed by atoms with van der Waals surface area (Å²) in [5.41, 5.74) is 1.72. The predicted molar refractivity (Wildman–Crippen MR) is 79.2 cm³/mol. The summed E-state index contributed by atoms with van der Waals surface area (Å²) in [5.74, 6) is -0.0149. The summed E-state index contributed by atoms with van der Waals surface area (Å²) in [4.78, 5) is 24.5. The monoisotopic (exact) mass is 327 g/mol. The summed E-state index contributed by atoms with van der Waals surface area (Å²) in [6.07, 6.45) is 0.290. The minimum Gasteiger partial charge on any atom is -0.349 e. The summed E-state index contributed by atoms with van der Waals surface area (Å²) in [7, 11) is 3.38. The first kappa shape index (κ1) is 15.5. The van der Waals surface area contributed by atoms with Crippen LogP contribution < -0.4 is 10.6 Å².